The number of nitrogens with one attached hydrogen (secondary N) is 2. The van der Waals surface area contributed by atoms with Gasteiger partial charge in [0.15, 0.2) is 0 Å². The summed E-state index contributed by atoms with van der Waals surface area (Å²) in [6.07, 6.45) is 0. The Bertz CT molecular complexity index is 821. The maximum atomic E-state index is 12.4. The number of hydrogen-bond donors (Lipinski definition) is 2. The van der Waals surface area contributed by atoms with E-state index in [2.05, 4.69) is 10.0 Å². The van der Waals surface area contributed by atoms with Gasteiger partial charge in [0.2, 0.25) is 10.0 Å². The predicted molar refractivity (Wildman–Crippen MR) is 102 cm³/mol. The van der Waals surface area contributed by atoms with E-state index in [-0.39, 0.29) is 10.8 Å². The van der Waals surface area contributed by atoms with Crippen molar-refractivity contribution >= 4 is 27.7 Å². The van der Waals surface area contributed by atoms with Gasteiger partial charge in [-0.1, -0.05) is 31.2 Å². The van der Waals surface area contributed by atoms with Crippen LogP contribution in [-0.4, -0.2) is 33.2 Å². The van der Waals surface area contributed by atoms with Crippen molar-refractivity contribution in [2.24, 2.45) is 0 Å². The molecule has 0 bridgehead atoms. The summed E-state index contributed by atoms with van der Waals surface area (Å²) in [5.41, 5.74) is 1.12. The Balaban J connectivity index is 1.99. The highest BCUT2D eigenvalue weighted by Crippen LogP contribution is 2.17. The lowest BCUT2D eigenvalue weighted by Gasteiger charge is -2.10. The van der Waals surface area contributed by atoms with Crippen LogP contribution in [-0.2, 0) is 10.0 Å². The molecular formula is C18H22N2O3S2. The first kappa shape index (κ1) is 19.5. The van der Waals surface area contributed by atoms with E-state index in [1.807, 2.05) is 30.3 Å². The second-order valence-corrected chi connectivity index (χ2v) is 8.33. The molecule has 2 aromatic rings. The first-order valence-corrected chi connectivity index (χ1v) is 10.5. The smallest absolute Gasteiger partial charge is 0.251 e. The highest BCUT2D eigenvalue weighted by Gasteiger charge is 2.17. The van der Waals surface area contributed by atoms with E-state index in [4.69, 9.17) is 0 Å². The Labute approximate surface area is 153 Å². The molecule has 134 valence electrons. The largest absolute Gasteiger partial charge is 0.351 e. The lowest BCUT2D eigenvalue weighted by molar-refractivity contribution is 0.0955. The fourth-order valence-corrected chi connectivity index (χ4v) is 4.09. The summed E-state index contributed by atoms with van der Waals surface area (Å²) in [5, 5.41) is 2.85. The molecule has 0 heterocycles. The van der Waals surface area contributed by atoms with Gasteiger partial charge in [0, 0.05) is 29.3 Å². The molecule has 7 heteroatoms. The highest BCUT2D eigenvalue weighted by molar-refractivity contribution is 7.99. The van der Waals surface area contributed by atoms with Crippen LogP contribution >= 0.6 is 11.8 Å². The lowest BCUT2D eigenvalue weighted by atomic mass is 10.1. The summed E-state index contributed by atoms with van der Waals surface area (Å²) in [6.45, 7) is 4.30. The third kappa shape index (κ3) is 5.59. The first-order valence-electron chi connectivity index (χ1n) is 8.00. The van der Waals surface area contributed by atoms with E-state index in [1.54, 1.807) is 31.7 Å². The number of aryl methyl sites for hydroxylation is 1. The van der Waals surface area contributed by atoms with E-state index in [0.717, 1.165) is 16.2 Å². The molecule has 2 aromatic carbocycles. The van der Waals surface area contributed by atoms with E-state index in [9.17, 15) is 13.2 Å². The van der Waals surface area contributed by atoms with Crippen LogP contribution in [0.1, 0.15) is 22.8 Å². The molecule has 0 saturated heterocycles. The summed E-state index contributed by atoms with van der Waals surface area (Å²) in [5.74, 6) is 0.476. The predicted octanol–water partition coefficient (Wildman–Crippen LogP) is 2.82. The van der Waals surface area contributed by atoms with Crippen molar-refractivity contribution in [1.29, 1.82) is 0 Å². The molecule has 0 unspecified atom stereocenters. The van der Waals surface area contributed by atoms with Gasteiger partial charge in [0.25, 0.3) is 5.91 Å². The number of sulfonamides is 1. The average Bonchev–Trinajstić information content (AvgIpc) is 2.59. The number of carbonyl (C=O) groups is 1. The minimum atomic E-state index is -3.58. The molecule has 0 aliphatic carbocycles. The summed E-state index contributed by atoms with van der Waals surface area (Å²) in [6, 6.07) is 14.5. The number of benzene rings is 2. The van der Waals surface area contributed by atoms with Gasteiger partial charge in [-0.05, 0) is 36.8 Å². The highest BCUT2D eigenvalue weighted by atomic mass is 32.2. The molecule has 0 radical (unpaired) electrons. The van der Waals surface area contributed by atoms with Crippen LogP contribution in [0.15, 0.2) is 58.3 Å². The fourth-order valence-electron chi connectivity index (χ4n) is 2.23. The molecule has 0 spiro atoms. The van der Waals surface area contributed by atoms with Crippen LogP contribution in [0.2, 0.25) is 0 Å². The SMILES string of the molecule is CCNS(=O)(=O)c1ccc(C)c(C(=O)NCCSc2ccccc2)c1. The standard InChI is InChI=1S/C18H22N2O3S2/c1-3-20-25(22,23)16-10-9-14(2)17(13-16)18(21)19-11-12-24-15-7-5-4-6-8-15/h4-10,13,20H,3,11-12H2,1-2H3,(H,19,21). The normalized spacial score (nSPS) is 11.3. The molecule has 5 nitrogen and oxygen atoms in total. The van der Waals surface area contributed by atoms with Gasteiger partial charge in [0.05, 0.1) is 4.90 Å². The van der Waals surface area contributed by atoms with Gasteiger partial charge in [-0.3, -0.25) is 4.79 Å². The average molecular weight is 379 g/mol. The molecule has 0 aliphatic rings. The van der Waals surface area contributed by atoms with Crippen LogP contribution in [0.25, 0.3) is 0 Å². The topological polar surface area (TPSA) is 75.3 Å². The minimum Gasteiger partial charge on any atom is -0.351 e. The summed E-state index contributed by atoms with van der Waals surface area (Å²) in [4.78, 5) is 13.6. The molecule has 0 saturated carbocycles. The quantitative estimate of drug-likeness (QED) is 0.547. The molecular weight excluding hydrogens is 356 g/mol. The molecule has 0 aliphatic heterocycles. The number of hydrogen-bond acceptors (Lipinski definition) is 4. The maximum Gasteiger partial charge on any atom is 0.251 e. The van der Waals surface area contributed by atoms with Crippen LogP contribution in [0.5, 0.6) is 0 Å². The van der Waals surface area contributed by atoms with Gasteiger partial charge in [-0.25, -0.2) is 13.1 Å². The van der Waals surface area contributed by atoms with E-state index < -0.39 is 10.0 Å². The monoisotopic (exact) mass is 378 g/mol. The molecule has 0 fully saturated rings. The molecule has 0 atom stereocenters. The van der Waals surface area contributed by atoms with Crippen LogP contribution < -0.4 is 10.0 Å². The second-order valence-electron chi connectivity index (χ2n) is 5.40. The number of amides is 1. The zero-order valence-corrected chi connectivity index (χ0v) is 15.9. The number of rotatable bonds is 8. The zero-order chi connectivity index (χ0) is 18.3. The molecule has 2 N–H and O–H groups in total. The van der Waals surface area contributed by atoms with Crippen LogP contribution in [0.4, 0.5) is 0 Å². The summed E-state index contributed by atoms with van der Waals surface area (Å²) >= 11 is 1.66. The van der Waals surface area contributed by atoms with Crippen molar-refractivity contribution in [1.82, 2.24) is 10.0 Å². The van der Waals surface area contributed by atoms with Gasteiger partial charge < -0.3 is 5.32 Å². The van der Waals surface area contributed by atoms with E-state index in [1.165, 1.54) is 12.1 Å². The van der Waals surface area contributed by atoms with Gasteiger partial charge in [-0.15, -0.1) is 11.8 Å². The van der Waals surface area contributed by atoms with Crippen molar-refractivity contribution in [2.75, 3.05) is 18.8 Å². The van der Waals surface area contributed by atoms with Gasteiger partial charge in [-0.2, -0.15) is 0 Å². The van der Waals surface area contributed by atoms with Crippen molar-refractivity contribution < 1.29 is 13.2 Å². The van der Waals surface area contributed by atoms with Crippen molar-refractivity contribution in [3.8, 4) is 0 Å². The van der Waals surface area contributed by atoms with E-state index in [0.29, 0.717) is 18.7 Å². The van der Waals surface area contributed by atoms with Gasteiger partial charge in [0.1, 0.15) is 0 Å². The maximum absolute atomic E-state index is 12.4. The molecule has 1 amide bonds. The Kier molecular flexibility index (Phi) is 7.04. The van der Waals surface area contributed by atoms with Crippen molar-refractivity contribution in [2.45, 2.75) is 23.6 Å². The minimum absolute atomic E-state index is 0.101. The first-order chi connectivity index (χ1) is 11.9. The summed E-state index contributed by atoms with van der Waals surface area (Å²) < 4.78 is 26.6. The van der Waals surface area contributed by atoms with Gasteiger partial charge >= 0.3 is 0 Å². The molecule has 2 rings (SSSR count). The zero-order valence-electron chi connectivity index (χ0n) is 14.3. The third-order valence-electron chi connectivity index (χ3n) is 3.50. The fraction of sp³-hybridized carbons (Fsp3) is 0.278. The van der Waals surface area contributed by atoms with Crippen LogP contribution in [0, 0.1) is 6.92 Å². The number of thioether (sulfide) groups is 1. The molecule has 0 aromatic heterocycles. The Morgan fingerprint density at radius 2 is 1.84 bits per heavy atom. The van der Waals surface area contributed by atoms with Crippen molar-refractivity contribution in [3.05, 3.63) is 59.7 Å². The van der Waals surface area contributed by atoms with Crippen LogP contribution in [0.3, 0.4) is 0 Å². The van der Waals surface area contributed by atoms with E-state index >= 15 is 0 Å². The Hall–Kier alpha value is -1.83. The summed E-state index contributed by atoms with van der Waals surface area (Å²) in [7, 11) is -3.58. The van der Waals surface area contributed by atoms with Crippen molar-refractivity contribution in [3.63, 3.8) is 0 Å². The number of carbonyl (C=O) groups excluding carboxylic acids is 1. The Morgan fingerprint density at radius 3 is 2.52 bits per heavy atom. The third-order valence-corrected chi connectivity index (χ3v) is 6.05. The Morgan fingerprint density at radius 1 is 1.12 bits per heavy atom. The molecule has 25 heavy (non-hydrogen) atoms. The lowest BCUT2D eigenvalue weighted by Crippen LogP contribution is -2.27. The second kappa shape index (κ2) is 9.03.